The van der Waals surface area contributed by atoms with Crippen LogP contribution in [-0.4, -0.2) is 66.2 Å². The van der Waals surface area contributed by atoms with Crippen LogP contribution in [0.5, 0.6) is 0 Å². The average molecular weight is 361 g/mol. The van der Waals surface area contributed by atoms with E-state index in [0.717, 1.165) is 17.3 Å². The van der Waals surface area contributed by atoms with E-state index in [4.69, 9.17) is 0 Å². The summed E-state index contributed by atoms with van der Waals surface area (Å²) < 4.78 is 52.3. The van der Waals surface area contributed by atoms with E-state index in [9.17, 15) is 16.8 Å². The van der Waals surface area contributed by atoms with Crippen LogP contribution in [0, 0.1) is 5.92 Å². The summed E-state index contributed by atoms with van der Waals surface area (Å²) in [5.74, 6) is 0.281. The zero-order valence-electron chi connectivity index (χ0n) is 13.6. The second-order valence-corrected chi connectivity index (χ2v) is 9.93. The van der Waals surface area contributed by atoms with Gasteiger partial charge in [0.1, 0.15) is 0 Å². The molecule has 1 fully saturated rings. The second kappa shape index (κ2) is 6.86. The van der Waals surface area contributed by atoms with Crippen molar-refractivity contribution in [3.63, 3.8) is 0 Å². The number of hydrogen-bond acceptors (Lipinski definition) is 5. The molecule has 1 aromatic rings. The Labute approximate surface area is 138 Å². The van der Waals surface area contributed by atoms with E-state index >= 15 is 0 Å². The maximum atomic E-state index is 12.7. The van der Waals surface area contributed by atoms with Gasteiger partial charge in [-0.3, -0.25) is 0 Å². The minimum Gasteiger partial charge on any atom is -0.319 e. The Morgan fingerprint density at radius 1 is 1.22 bits per heavy atom. The van der Waals surface area contributed by atoms with Crippen LogP contribution in [0.15, 0.2) is 34.1 Å². The minimum atomic E-state index is -3.68. The van der Waals surface area contributed by atoms with Crippen molar-refractivity contribution in [1.82, 2.24) is 13.9 Å². The van der Waals surface area contributed by atoms with Gasteiger partial charge in [0.05, 0.1) is 9.79 Å². The van der Waals surface area contributed by atoms with Crippen molar-refractivity contribution < 1.29 is 16.8 Å². The third kappa shape index (κ3) is 3.74. The topological polar surface area (TPSA) is 86.8 Å². The number of nitrogens with one attached hydrogen (secondary N) is 1. The molecule has 0 spiro atoms. The van der Waals surface area contributed by atoms with Crippen LogP contribution >= 0.6 is 0 Å². The Balaban J connectivity index is 2.32. The number of sulfonamides is 2. The van der Waals surface area contributed by atoms with Gasteiger partial charge in [-0.05, 0) is 44.1 Å². The van der Waals surface area contributed by atoms with E-state index in [1.54, 1.807) is 0 Å². The van der Waals surface area contributed by atoms with E-state index < -0.39 is 20.0 Å². The van der Waals surface area contributed by atoms with Crippen LogP contribution in [0.1, 0.15) is 6.42 Å². The molecule has 23 heavy (non-hydrogen) atoms. The fourth-order valence-electron chi connectivity index (χ4n) is 2.63. The van der Waals surface area contributed by atoms with Crippen LogP contribution in [0.3, 0.4) is 0 Å². The number of hydrogen-bond donors (Lipinski definition) is 1. The Kier molecular flexibility index (Phi) is 5.47. The van der Waals surface area contributed by atoms with Crippen LogP contribution in [0.25, 0.3) is 0 Å². The lowest BCUT2D eigenvalue weighted by Gasteiger charge is -2.18. The Bertz CT molecular complexity index is 760. The molecule has 130 valence electrons. The molecule has 1 saturated heterocycles. The summed E-state index contributed by atoms with van der Waals surface area (Å²) in [5.41, 5.74) is 0. The Morgan fingerprint density at radius 2 is 1.87 bits per heavy atom. The molecule has 0 bridgehead atoms. The molecule has 1 heterocycles. The number of benzene rings is 1. The van der Waals surface area contributed by atoms with Gasteiger partial charge in [0, 0.05) is 27.2 Å². The first-order valence-electron chi connectivity index (χ1n) is 7.37. The second-order valence-electron chi connectivity index (χ2n) is 5.84. The Morgan fingerprint density at radius 3 is 2.48 bits per heavy atom. The zero-order chi connectivity index (χ0) is 17.3. The van der Waals surface area contributed by atoms with E-state index in [1.165, 1.54) is 42.7 Å². The maximum Gasteiger partial charge on any atom is 0.243 e. The molecular weight excluding hydrogens is 338 g/mol. The highest BCUT2D eigenvalue weighted by atomic mass is 32.2. The minimum absolute atomic E-state index is 0.0189. The van der Waals surface area contributed by atoms with Crippen molar-refractivity contribution in [3.8, 4) is 0 Å². The summed E-state index contributed by atoms with van der Waals surface area (Å²) in [4.78, 5) is 0.0000736. The van der Waals surface area contributed by atoms with Crippen molar-refractivity contribution in [2.45, 2.75) is 16.2 Å². The molecule has 7 nitrogen and oxygen atoms in total. The average Bonchev–Trinajstić information content (AvgIpc) is 2.97. The third-order valence-electron chi connectivity index (χ3n) is 3.96. The Hall–Kier alpha value is -1.00. The molecule has 9 heteroatoms. The highest BCUT2D eigenvalue weighted by Gasteiger charge is 2.32. The molecule has 0 aromatic heterocycles. The maximum absolute atomic E-state index is 12.7. The highest BCUT2D eigenvalue weighted by molar-refractivity contribution is 7.90. The van der Waals surface area contributed by atoms with E-state index in [-0.39, 0.29) is 15.7 Å². The molecule has 1 aliphatic rings. The van der Waals surface area contributed by atoms with Crippen LogP contribution in [0.4, 0.5) is 0 Å². The van der Waals surface area contributed by atoms with Crippen LogP contribution < -0.4 is 5.32 Å². The summed E-state index contributed by atoms with van der Waals surface area (Å²) >= 11 is 0. The summed E-state index contributed by atoms with van der Waals surface area (Å²) in [5, 5.41) is 3.06. The fourth-order valence-corrected chi connectivity index (χ4v) is 5.23. The summed E-state index contributed by atoms with van der Waals surface area (Å²) in [6, 6.07) is 5.54. The van der Waals surface area contributed by atoms with Crippen molar-refractivity contribution in [1.29, 1.82) is 0 Å². The first-order chi connectivity index (χ1) is 10.7. The largest absolute Gasteiger partial charge is 0.319 e. The first-order valence-corrected chi connectivity index (χ1v) is 10.2. The van der Waals surface area contributed by atoms with E-state index in [2.05, 4.69) is 5.32 Å². The molecule has 0 saturated carbocycles. The molecule has 0 amide bonds. The molecule has 1 aromatic carbocycles. The molecule has 1 unspecified atom stereocenters. The van der Waals surface area contributed by atoms with Gasteiger partial charge >= 0.3 is 0 Å². The predicted octanol–water partition coefficient (Wildman–Crippen LogP) is 0.167. The van der Waals surface area contributed by atoms with Crippen molar-refractivity contribution in [2.75, 3.05) is 40.8 Å². The predicted molar refractivity (Wildman–Crippen MR) is 88.1 cm³/mol. The molecule has 0 radical (unpaired) electrons. The lowest BCUT2D eigenvalue weighted by molar-refractivity contribution is 0.451. The monoisotopic (exact) mass is 361 g/mol. The van der Waals surface area contributed by atoms with E-state index in [1.807, 2.05) is 7.05 Å². The summed E-state index contributed by atoms with van der Waals surface area (Å²) in [6.07, 6.45) is 0.801. The summed E-state index contributed by atoms with van der Waals surface area (Å²) in [6.45, 7) is 1.67. The van der Waals surface area contributed by atoms with Gasteiger partial charge in [0.2, 0.25) is 20.0 Å². The molecule has 1 N–H and O–H groups in total. The lowest BCUT2D eigenvalue weighted by Crippen LogP contribution is -2.30. The van der Waals surface area contributed by atoms with Gasteiger partial charge in [-0.2, -0.15) is 4.31 Å². The van der Waals surface area contributed by atoms with Crippen LogP contribution in [-0.2, 0) is 20.0 Å². The van der Waals surface area contributed by atoms with E-state index in [0.29, 0.717) is 13.1 Å². The van der Waals surface area contributed by atoms with Crippen molar-refractivity contribution >= 4 is 20.0 Å². The van der Waals surface area contributed by atoms with Crippen molar-refractivity contribution in [2.24, 2.45) is 5.92 Å². The smallest absolute Gasteiger partial charge is 0.243 e. The van der Waals surface area contributed by atoms with Gasteiger partial charge in [0.15, 0.2) is 0 Å². The third-order valence-corrected chi connectivity index (χ3v) is 7.64. The van der Waals surface area contributed by atoms with Crippen molar-refractivity contribution in [3.05, 3.63) is 24.3 Å². The molecular formula is C14H23N3O4S2. The molecule has 1 aliphatic heterocycles. The molecule has 0 aliphatic carbocycles. The standard InChI is InChI=1S/C14H23N3O4S2/c1-15-10-12-7-8-17(11-12)23(20,21)14-6-4-5-13(9-14)22(18,19)16(2)3/h4-6,9,12,15H,7-8,10-11H2,1-3H3. The number of rotatable bonds is 6. The van der Waals surface area contributed by atoms with Crippen LogP contribution in [0.2, 0.25) is 0 Å². The lowest BCUT2D eigenvalue weighted by atomic mass is 10.1. The normalized spacial score (nSPS) is 20.3. The van der Waals surface area contributed by atoms with Gasteiger partial charge in [-0.25, -0.2) is 21.1 Å². The zero-order valence-corrected chi connectivity index (χ0v) is 15.2. The van der Waals surface area contributed by atoms with Gasteiger partial charge < -0.3 is 5.32 Å². The summed E-state index contributed by atoms with van der Waals surface area (Å²) in [7, 11) is -2.67. The molecule has 2 rings (SSSR count). The highest BCUT2D eigenvalue weighted by Crippen LogP contribution is 2.26. The fraction of sp³-hybridized carbons (Fsp3) is 0.571. The quantitative estimate of drug-likeness (QED) is 0.780. The molecule has 1 atom stereocenters. The van der Waals surface area contributed by atoms with Gasteiger partial charge in [-0.1, -0.05) is 6.07 Å². The number of nitrogens with zero attached hydrogens (tertiary/aromatic N) is 2. The van der Waals surface area contributed by atoms with Gasteiger partial charge in [-0.15, -0.1) is 0 Å². The van der Waals surface area contributed by atoms with Gasteiger partial charge in [0.25, 0.3) is 0 Å². The SMILES string of the molecule is CNCC1CCN(S(=O)(=O)c2cccc(S(=O)(=O)N(C)C)c2)C1. The first kappa shape index (κ1) is 18.3.